The van der Waals surface area contributed by atoms with Gasteiger partial charge in [0.15, 0.2) is 24.7 Å². The van der Waals surface area contributed by atoms with Crippen LogP contribution in [0.3, 0.4) is 0 Å². The van der Waals surface area contributed by atoms with Gasteiger partial charge in [0.25, 0.3) is 0 Å². The molecule has 90 valence electrons. The van der Waals surface area contributed by atoms with Gasteiger partial charge in [-0.1, -0.05) is 13.0 Å². The van der Waals surface area contributed by atoms with Crippen molar-refractivity contribution in [3.8, 4) is 11.5 Å². The zero-order valence-corrected chi connectivity index (χ0v) is 9.99. The van der Waals surface area contributed by atoms with Crippen LogP contribution >= 0.6 is 0 Å². The number of aryl methyl sites for hydroxylation is 1. The predicted octanol–water partition coefficient (Wildman–Crippen LogP) is 2.47. The number of Topliss-reactive ketones (excluding diaryl/α,β-unsaturated/α-hetero) is 1. The largest absolute Gasteiger partial charge is 0.482 e. The number of hydrogen-bond donors (Lipinski definition) is 0. The first-order valence-corrected chi connectivity index (χ1v) is 6.22. The van der Waals surface area contributed by atoms with Crippen LogP contribution in [0.5, 0.6) is 11.5 Å². The molecule has 0 atom stereocenters. The summed E-state index contributed by atoms with van der Waals surface area (Å²) in [6.07, 6.45) is 3.43. The van der Waals surface area contributed by atoms with Crippen LogP contribution in [0.2, 0.25) is 0 Å². The summed E-state index contributed by atoms with van der Waals surface area (Å²) in [6, 6.07) is 4.25. The number of carbonyl (C=O) groups is 1. The van der Waals surface area contributed by atoms with Crippen molar-refractivity contribution >= 4 is 5.78 Å². The molecule has 0 unspecified atom stereocenters. The van der Waals surface area contributed by atoms with Crippen molar-refractivity contribution in [1.29, 1.82) is 0 Å². The maximum Gasteiger partial charge on any atom is 0.207 e. The highest BCUT2D eigenvalue weighted by atomic mass is 16.5. The molecule has 0 radical (unpaired) electrons. The van der Waals surface area contributed by atoms with Crippen molar-refractivity contribution in [1.82, 2.24) is 0 Å². The van der Waals surface area contributed by atoms with Gasteiger partial charge in [-0.25, -0.2) is 0 Å². The average Bonchev–Trinajstić information content (AvgIpc) is 3.16. The summed E-state index contributed by atoms with van der Waals surface area (Å²) in [5.41, 5.74) is 2.48. The van der Waals surface area contributed by atoms with E-state index in [1.807, 2.05) is 6.07 Å². The van der Waals surface area contributed by atoms with Crippen LogP contribution < -0.4 is 9.47 Å². The fourth-order valence-electron chi connectivity index (χ4n) is 2.22. The molecule has 1 aromatic carbocycles. The minimum Gasteiger partial charge on any atom is -0.482 e. The van der Waals surface area contributed by atoms with Crippen LogP contribution in [-0.2, 0) is 11.2 Å². The fourth-order valence-corrected chi connectivity index (χ4v) is 2.22. The monoisotopic (exact) mass is 232 g/mol. The molecule has 1 saturated carbocycles. The van der Waals surface area contributed by atoms with Gasteiger partial charge >= 0.3 is 0 Å². The van der Waals surface area contributed by atoms with E-state index < -0.39 is 0 Å². The summed E-state index contributed by atoms with van der Waals surface area (Å²) in [5, 5.41) is 0. The van der Waals surface area contributed by atoms with Crippen molar-refractivity contribution in [2.45, 2.75) is 32.1 Å². The van der Waals surface area contributed by atoms with E-state index in [2.05, 4.69) is 13.0 Å². The van der Waals surface area contributed by atoms with Crippen LogP contribution in [0.1, 0.15) is 36.8 Å². The summed E-state index contributed by atoms with van der Waals surface area (Å²) >= 11 is 0. The Morgan fingerprint density at radius 1 is 1.24 bits per heavy atom. The van der Waals surface area contributed by atoms with E-state index in [4.69, 9.17) is 9.47 Å². The summed E-state index contributed by atoms with van der Waals surface area (Å²) in [4.78, 5) is 11.3. The van der Waals surface area contributed by atoms with E-state index in [0.717, 1.165) is 23.5 Å². The van der Waals surface area contributed by atoms with Gasteiger partial charge in [0.05, 0.1) is 0 Å². The Bertz CT molecular complexity index is 461. The summed E-state index contributed by atoms with van der Waals surface area (Å²) in [6.45, 7) is 2.36. The minimum atomic E-state index is -0.00350. The molecule has 2 aliphatic rings. The quantitative estimate of drug-likeness (QED) is 0.785. The van der Waals surface area contributed by atoms with Gasteiger partial charge < -0.3 is 9.47 Å². The van der Waals surface area contributed by atoms with Gasteiger partial charge in [-0.15, -0.1) is 0 Å². The third kappa shape index (κ3) is 2.02. The lowest BCUT2D eigenvalue weighted by molar-refractivity contribution is -0.122. The Kier molecular flexibility index (Phi) is 2.54. The Labute approximate surface area is 101 Å². The Balaban J connectivity index is 2.03. The van der Waals surface area contributed by atoms with Gasteiger partial charge in [-0.3, -0.25) is 4.79 Å². The van der Waals surface area contributed by atoms with Crippen molar-refractivity contribution < 1.29 is 14.3 Å². The molecule has 3 rings (SSSR count). The summed E-state index contributed by atoms with van der Waals surface area (Å²) in [5.74, 6) is 2.20. The Morgan fingerprint density at radius 3 is 2.71 bits per heavy atom. The average molecular weight is 232 g/mol. The molecule has 0 N–H and O–H groups in total. The predicted molar refractivity (Wildman–Crippen MR) is 63.8 cm³/mol. The van der Waals surface area contributed by atoms with Gasteiger partial charge in [0.2, 0.25) is 5.78 Å². The molecule has 1 aliphatic heterocycles. The second kappa shape index (κ2) is 4.06. The number of fused-ring (bicyclic) bond motifs is 1. The highest BCUT2D eigenvalue weighted by Gasteiger charge is 2.27. The van der Waals surface area contributed by atoms with Gasteiger partial charge in [-0.2, -0.15) is 0 Å². The van der Waals surface area contributed by atoms with E-state index in [1.165, 1.54) is 18.4 Å². The third-order valence-corrected chi connectivity index (χ3v) is 3.35. The number of benzene rings is 1. The van der Waals surface area contributed by atoms with Crippen molar-refractivity contribution in [3.63, 3.8) is 0 Å². The molecule has 0 amide bonds. The molecule has 1 aliphatic carbocycles. The van der Waals surface area contributed by atoms with Crippen LogP contribution in [0.25, 0.3) is 0 Å². The van der Waals surface area contributed by atoms with Crippen LogP contribution in [0.4, 0.5) is 0 Å². The normalized spacial score (nSPS) is 19.0. The molecule has 1 heterocycles. The number of hydrogen-bond acceptors (Lipinski definition) is 3. The first-order chi connectivity index (χ1) is 8.28. The molecular formula is C14H16O3. The zero-order valence-electron chi connectivity index (χ0n) is 9.99. The zero-order chi connectivity index (χ0) is 11.8. The second-order valence-electron chi connectivity index (χ2n) is 4.75. The maximum absolute atomic E-state index is 11.3. The van der Waals surface area contributed by atoms with Crippen LogP contribution in [-0.4, -0.2) is 19.0 Å². The standard InChI is InChI=1S/C14H16O3/c1-2-9-5-11(10-3-4-10)6-13-14(9)17-8-12(15)7-16-13/h5-6,10H,2-4,7-8H2,1H3. The highest BCUT2D eigenvalue weighted by molar-refractivity contribution is 5.82. The number of ether oxygens (including phenoxy) is 2. The Morgan fingerprint density at radius 2 is 2.00 bits per heavy atom. The smallest absolute Gasteiger partial charge is 0.207 e. The highest BCUT2D eigenvalue weighted by Crippen LogP contribution is 2.45. The molecule has 3 nitrogen and oxygen atoms in total. The molecule has 17 heavy (non-hydrogen) atoms. The molecule has 0 spiro atoms. The lowest BCUT2D eigenvalue weighted by Gasteiger charge is -2.13. The van der Waals surface area contributed by atoms with Gasteiger partial charge in [0, 0.05) is 0 Å². The molecular weight excluding hydrogens is 216 g/mol. The summed E-state index contributed by atoms with van der Waals surface area (Å²) < 4.78 is 11.1. The molecule has 1 fully saturated rings. The van der Waals surface area contributed by atoms with Gasteiger partial charge in [-0.05, 0) is 42.4 Å². The van der Waals surface area contributed by atoms with E-state index in [0.29, 0.717) is 5.92 Å². The molecule has 1 aromatic rings. The van der Waals surface area contributed by atoms with E-state index >= 15 is 0 Å². The molecule has 0 bridgehead atoms. The summed E-state index contributed by atoms with van der Waals surface area (Å²) in [7, 11) is 0. The first-order valence-electron chi connectivity index (χ1n) is 6.22. The molecule has 0 aromatic heterocycles. The number of ketones is 1. The molecule has 3 heteroatoms. The van der Waals surface area contributed by atoms with Crippen molar-refractivity contribution in [2.24, 2.45) is 0 Å². The Hall–Kier alpha value is -1.51. The van der Waals surface area contributed by atoms with Crippen LogP contribution in [0, 0.1) is 0 Å². The molecule has 0 saturated heterocycles. The fraction of sp³-hybridized carbons (Fsp3) is 0.500. The van der Waals surface area contributed by atoms with E-state index in [1.54, 1.807) is 0 Å². The SMILES string of the molecule is CCc1cc(C2CC2)cc2c1OCC(=O)CO2. The number of carbonyl (C=O) groups excluding carboxylic acids is 1. The first kappa shape index (κ1) is 10.6. The topological polar surface area (TPSA) is 35.5 Å². The lowest BCUT2D eigenvalue weighted by atomic mass is 10.0. The van der Waals surface area contributed by atoms with Crippen molar-refractivity contribution in [3.05, 3.63) is 23.3 Å². The lowest BCUT2D eigenvalue weighted by Crippen LogP contribution is -2.15. The van der Waals surface area contributed by atoms with E-state index in [-0.39, 0.29) is 19.0 Å². The maximum atomic E-state index is 11.3. The van der Waals surface area contributed by atoms with Gasteiger partial charge in [0.1, 0.15) is 0 Å². The second-order valence-corrected chi connectivity index (χ2v) is 4.75. The van der Waals surface area contributed by atoms with Crippen LogP contribution in [0.15, 0.2) is 12.1 Å². The third-order valence-electron chi connectivity index (χ3n) is 3.35. The van der Waals surface area contributed by atoms with Crippen molar-refractivity contribution in [2.75, 3.05) is 13.2 Å². The minimum absolute atomic E-state index is 0.00350. The number of rotatable bonds is 2. The van der Waals surface area contributed by atoms with E-state index in [9.17, 15) is 4.79 Å².